The molecule has 2 unspecified atom stereocenters. The number of aryl methyl sites for hydroxylation is 2. The van der Waals surface area contributed by atoms with Crippen molar-refractivity contribution in [3.05, 3.63) is 53.5 Å². The monoisotopic (exact) mass is 384 g/mol. The Morgan fingerprint density at radius 1 is 1.14 bits per heavy atom. The second-order valence-corrected chi connectivity index (χ2v) is 8.10. The SMILES string of the molecule is Cc1nnn(C)c1C1=CN=CC(C(c2ccccc2)C2CCC(F)(F)CC2)C1. The van der Waals surface area contributed by atoms with Gasteiger partial charge in [0, 0.05) is 38.2 Å². The highest BCUT2D eigenvalue weighted by Gasteiger charge is 2.40. The first-order valence-electron chi connectivity index (χ1n) is 9.96. The molecule has 0 bridgehead atoms. The maximum absolute atomic E-state index is 13.8. The minimum absolute atomic E-state index is 0.0156. The Morgan fingerprint density at radius 2 is 1.86 bits per heavy atom. The molecule has 4 nitrogen and oxygen atoms in total. The van der Waals surface area contributed by atoms with Crippen molar-refractivity contribution in [1.82, 2.24) is 15.0 Å². The number of alkyl halides is 2. The first-order valence-corrected chi connectivity index (χ1v) is 9.96. The van der Waals surface area contributed by atoms with E-state index in [1.54, 1.807) is 4.68 Å². The minimum Gasteiger partial charge on any atom is -0.268 e. The molecule has 1 fully saturated rings. The van der Waals surface area contributed by atoms with Crippen molar-refractivity contribution in [2.24, 2.45) is 23.9 Å². The lowest BCUT2D eigenvalue weighted by atomic mass is 9.68. The van der Waals surface area contributed by atoms with Gasteiger partial charge in [0.2, 0.25) is 5.92 Å². The van der Waals surface area contributed by atoms with Crippen LogP contribution in [0.3, 0.4) is 0 Å². The highest BCUT2D eigenvalue weighted by molar-refractivity contribution is 5.76. The molecule has 6 heteroatoms. The summed E-state index contributed by atoms with van der Waals surface area (Å²) in [7, 11) is 1.89. The van der Waals surface area contributed by atoms with Crippen molar-refractivity contribution >= 4 is 11.8 Å². The van der Waals surface area contributed by atoms with Crippen molar-refractivity contribution in [1.29, 1.82) is 0 Å². The maximum Gasteiger partial charge on any atom is 0.248 e. The van der Waals surface area contributed by atoms with Gasteiger partial charge in [0.05, 0.1) is 11.4 Å². The molecular formula is C22H26F2N4. The van der Waals surface area contributed by atoms with Crippen LogP contribution in [0.1, 0.15) is 55.0 Å². The predicted octanol–water partition coefficient (Wildman–Crippen LogP) is 5.16. The molecule has 0 radical (unpaired) electrons. The number of halogens is 2. The summed E-state index contributed by atoms with van der Waals surface area (Å²) in [6, 6.07) is 10.3. The third-order valence-electron chi connectivity index (χ3n) is 6.18. The van der Waals surface area contributed by atoms with E-state index in [0.29, 0.717) is 12.8 Å². The normalized spacial score (nSPS) is 23.4. The second-order valence-electron chi connectivity index (χ2n) is 8.10. The van der Waals surface area contributed by atoms with E-state index in [-0.39, 0.29) is 30.6 Å². The van der Waals surface area contributed by atoms with Crippen LogP contribution in [0.4, 0.5) is 8.78 Å². The van der Waals surface area contributed by atoms with E-state index < -0.39 is 5.92 Å². The molecular weight excluding hydrogens is 358 g/mol. The van der Waals surface area contributed by atoms with Gasteiger partial charge in [-0.05, 0) is 49.2 Å². The second kappa shape index (κ2) is 7.57. The molecule has 4 rings (SSSR count). The first kappa shape index (κ1) is 19.0. The highest BCUT2D eigenvalue weighted by atomic mass is 19.3. The Balaban J connectivity index is 1.63. The molecule has 148 valence electrons. The molecule has 1 aromatic carbocycles. The van der Waals surface area contributed by atoms with Gasteiger partial charge in [-0.15, -0.1) is 5.10 Å². The average molecular weight is 384 g/mol. The molecule has 1 aromatic heterocycles. The van der Waals surface area contributed by atoms with Gasteiger partial charge in [0.15, 0.2) is 0 Å². The number of aromatic nitrogens is 3. The zero-order chi connectivity index (χ0) is 19.7. The summed E-state index contributed by atoms with van der Waals surface area (Å²) in [4.78, 5) is 4.54. The van der Waals surface area contributed by atoms with Crippen molar-refractivity contribution < 1.29 is 8.78 Å². The van der Waals surface area contributed by atoms with Crippen LogP contribution in [0.5, 0.6) is 0 Å². The van der Waals surface area contributed by atoms with Crippen LogP contribution >= 0.6 is 0 Å². The summed E-state index contributed by atoms with van der Waals surface area (Å²) in [5.74, 6) is -1.91. The van der Waals surface area contributed by atoms with Gasteiger partial charge in [0.1, 0.15) is 0 Å². The largest absolute Gasteiger partial charge is 0.268 e. The van der Waals surface area contributed by atoms with E-state index in [1.165, 1.54) is 5.56 Å². The molecule has 1 saturated carbocycles. The van der Waals surface area contributed by atoms with E-state index in [2.05, 4.69) is 27.4 Å². The number of allylic oxidation sites excluding steroid dienone is 1. The van der Waals surface area contributed by atoms with Gasteiger partial charge in [-0.1, -0.05) is 35.5 Å². The fraction of sp³-hybridized carbons (Fsp3) is 0.500. The molecule has 28 heavy (non-hydrogen) atoms. The van der Waals surface area contributed by atoms with E-state index >= 15 is 0 Å². The van der Waals surface area contributed by atoms with Gasteiger partial charge in [-0.25, -0.2) is 13.5 Å². The number of nitrogens with zero attached hydrogens (tertiary/aromatic N) is 4. The maximum atomic E-state index is 13.8. The summed E-state index contributed by atoms with van der Waals surface area (Å²) in [5, 5.41) is 8.28. The van der Waals surface area contributed by atoms with Crippen molar-refractivity contribution in [3.63, 3.8) is 0 Å². The molecule has 0 amide bonds. The number of rotatable bonds is 4. The van der Waals surface area contributed by atoms with Crippen molar-refractivity contribution in [2.45, 2.75) is 50.9 Å². The van der Waals surface area contributed by atoms with Gasteiger partial charge in [0.25, 0.3) is 0 Å². The Kier molecular flexibility index (Phi) is 5.13. The van der Waals surface area contributed by atoms with Crippen LogP contribution in [0.2, 0.25) is 0 Å². The Labute approximate surface area is 164 Å². The van der Waals surface area contributed by atoms with Crippen LogP contribution in [-0.2, 0) is 7.05 Å². The number of hydrogen-bond acceptors (Lipinski definition) is 3. The lowest BCUT2D eigenvalue weighted by Crippen LogP contribution is -2.31. The first-order chi connectivity index (χ1) is 13.4. The molecule has 1 aliphatic heterocycles. The Bertz CT molecular complexity index is 856. The predicted molar refractivity (Wildman–Crippen MR) is 106 cm³/mol. The number of benzene rings is 1. The number of aliphatic imine (C=N–C) groups is 1. The summed E-state index contributed by atoms with van der Waals surface area (Å²) in [6.45, 7) is 1.95. The average Bonchev–Trinajstić information content (AvgIpc) is 3.03. The minimum atomic E-state index is -2.51. The summed E-state index contributed by atoms with van der Waals surface area (Å²) < 4.78 is 29.3. The van der Waals surface area contributed by atoms with E-state index in [9.17, 15) is 8.78 Å². The lowest BCUT2D eigenvalue weighted by molar-refractivity contribution is -0.0496. The number of hydrogen-bond donors (Lipinski definition) is 0. The van der Waals surface area contributed by atoms with Crippen molar-refractivity contribution in [3.8, 4) is 0 Å². The Hall–Kier alpha value is -2.37. The Morgan fingerprint density at radius 3 is 2.50 bits per heavy atom. The fourth-order valence-corrected chi connectivity index (χ4v) is 4.85. The van der Waals surface area contributed by atoms with Crippen LogP contribution in [0.15, 0.2) is 41.5 Å². The summed E-state index contributed by atoms with van der Waals surface area (Å²) >= 11 is 0. The van der Waals surface area contributed by atoms with Crippen LogP contribution in [-0.4, -0.2) is 27.1 Å². The van der Waals surface area contributed by atoms with Crippen LogP contribution in [0, 0.1) is 18.8 Å². The molecule has 2 atom stereocenters. The van der Waals surface area contributed by atoms with Gasteiger partial charge >= 0.3 is 0 Å². The standard InChI is InChI=1S/C22H26F2N4/c1-15-21(28(2)27-26-15)19-12-18(13-25-14-19)20(16-6-4-3-5-7-16)17-8-10-22(23,24)11-9-17/h3-7,13-14,17-18,20H,8-12H2,1-2H3. The molecule has 0 saturated heterocycles. The zero-order valence-electron chi connectivity index (χ0n) is 16.4. The molecule has 1 aliphatic carbocycles. The smallest absolute Gasteiger partial charge is 0.248 e. The fourth-order valence-electron chi connectivity index (χ4n) is 4.85. The quantitative estimate of drug-likeness (QED) is 0.730. The molecule has 2 aromatic rings. The molecule has 2 aliphatic rings. The molecule has 0 N–H and O–H groups in total. The van der Waals surface area contributed by atoms with Gasteiger partial charge in [-0.3, -0.25) is 4.99 Å². The van der Waals surface area contributed by atoms with E-state index in [1.807, 2.05) is 44.6 Å². The van der Waals surface area contributed by atoms with Crippen LogP contribution in [0.25, 0.3) is 5.57 Å². The van der Waals surface area contributed by atoms with E-state index in [0.717, 1.165) is 23.4 Å². The van der Waals surface area contributed by atoms with Gasteiger partial charge in [-0.2, -0.15) is 0 Å². The molecule has 2 heterocycles. The topological polar surface area (TPSA) is 43.1 Å². The zero-order valence-corrected chi connectivity index (χ0v) is 16.4. The third kappa shape index (κ3) is 3.77. The lowest BCUT2D eigenvalue weighted by Gasteiger charge is -2.38. The van der Waals surface area contributed by atoms with Gasteiger partial charge < -0.3 is 0 Å². The summed E-state index contributed by atoms with van der Waals surface area (Å²) in [5.41, 5.74) is 4.22. The van der Waals surface area contributed by atoms with Crippen LogP contribution < -0.4 is 0 Å². The highest BCUT2D eigenvalue weighted by Crippen LogP contribution is 2.47. The third-order valence-corrected chi connectivity index (χ3v) is 6.18. The van der Waals surface area contributed by atoms with E-state index in [4.69, 9.17) is 0 Å². The summed E-state index contributed by atoms with van der Waals surface area (Å²) in [6.07, 6.45) is 5.80. The van der Waals surface area contributed by atoms with Crippen molar-refractivity contribution in [2.75, 3.05) is 0 Å². The molecule has 0 spiro atoms.